The first-order valence-electron chi connectivity index (χ1n) is 4.93. The number of carbonyl (C=O) groups is 2. The summed E-state index contributed by atoms with van der Waals surface area (Å²) in [4.78, 5) is 21.3. The van der Waals surface area contributed by atoms with Crippen LogP contribution in [0.2, 0.25) is 0 Å². The number of aromatic carboxylic acids is 2. The maximum absolute atomic E-state index is 11.0. The maximum atomic E-state index is 11.0. The SMILES string of the molecule is C/C=C/c1c(C(=O)O)cc(S(=O)(=O)O)cc1C(=O)O. The molecular formula is C11H10O7S. The van der Waals surface area contributed by atoms with Gasteiger partial charge in [0.2, 0.25) is 0 Å². The highest BCUT2D eigenvalue weighted by atomic mass is 32.2. The molecule has 8 heteroatoms. The van der Waals surface area contributed by atoms with Crippen LogP contribution in [0.25, 0.3) is 6.08 Å². The van der Waals surface area contributed by atoms with Gasteiger partial charge in [-0.05, 0) is 19.1 Å². The van der Waals surface area contributed by atoms with Gasteiger partial charge in [-0.15, -0.1) is 0 Å². The quantitative estimate of drug-likeness (QED) is 0.712. The lowest BCUT2D eigenvalue weighted by Gasteiger charge is -2.08. The molecule has 0 amide bonds. The minimum absolute atomic E-state index is 0.144. The van der Waals surface area contributed by atoms with Crippen molar-refractivity contribution in [3.05, 3.63) is 34.9 Å². The predicted molar refractivity (Wildman–Crippen MR) is 64.9 cm³/mol. The van der Waals surface area contributed by atoms with Gasteiger partial charge in [-0.25, -0.2) is 9.59 Å². The first-order chi connectivity index (χ1) is 8.68. The lowest BCUT2D eigenvalue weighted by Crippen LogP contribution is -2.11. The standard InChI is InChI=1S/C11H10O7S/c1-2-3-7-8(10(12)13)4-6(19(16,17)18)5-9(7)11(14)15/h2-5H,1H3,(H,12,13)(H,14,15)(H,16,17,18)/b3-2+. The van der Waals surface area contributed by atoms with Crippen LogP contribution in [0.1, 0.15) is 33.2 Å². The Kier molecular flexibility index (Phi) is 4.07. The van der Waals surface area contributed by atoms with Crippen LogP contribution < -0.4 is 0 Å². The lowest BCUT2D eigenvalue weighted by atomic mass is 10.0. The van der Waals surface area contributed by atoms with Crippen LogP contribution in [-0.4, -0.2) is 35.1 Å². The van der Waals surface area contributed by atoms with Crippen LogP contribution in [0.5, 0.6) is 0 Å². The summed E-state index contributed by atoms with van der Waals surface area (Å²) in [5, 5.41) is 18.0. The van der Waals surface area contributed by atoms with Gasteiger partial charge in [0.25, 0.3) is 10.1 Å². The Morgan fingerprint density at radius 2 is 1.53 bits per heavy atom. The Morgan fingerprint density at radius 3 is 1.79 bits per heavy atom. The van der Waals surface area contributed by atoms with Crippen LogP contribution in [-0.2, 0) is 10.1 Å². The van der Waals surface area contributed by atoms with Crippen molar-refractivity contribution in [1.29, 1.82) is 0 Å². The summed E-state index contributed by atoms with van der Waals surface area (Å²) in [5.74, 6) is -3.00. The van der Waals surface area contributed by atoms with Gasteiger partial charge in [0.15, 0.2) is 0 Å². The van der Waals surface area contributed by atoms with Gasteiger partial charge in [0.05, 0.1) is 16.0 Å². The molecule has 102 valence electrons. The van der Waals surface area contributed by atoms with E-state index in [9.17, 15) is 18.0 Å². The van der Waals surface area contributed by atoms with Gasteiger partial charge >= 0.3 is 11.9 Å². The number of hydrogen-bond acceptors (Lipinski definition) is 4. The fraction of sp³-hybridized carbons (Fsp3) is 0.0909. The average molecular weight is 286 g/mol. The molecule has 0 fully saturated rings. The molecule has 0 aliphatic rings. The second-order valence-corrected chi connectivity index (χ2v) is 4.94. The average Bonchev–Trinajstić information content (AvgIpc) is 2.27. The summed E-state index contributed by atoms with van der Waals surface area (Å²) in [6.45, 7) is 1.55. The molecule has 1 aromatic rings. The molecule has 7 nitrogen and oxygen atoms in total. The molecular weight excluding hydrogens is 276 g/mol. The van der Waals surface area contributed by atoms with Crippen LogP contribution in [0, 0.1) is 0 Å². The van der Waals surface area contributed by atoms with Crippen molar-refractivity contribution in [2.24, 2.45) is 0 Å². The van der Waals surface area contributed by atoms with Gasteiger partial charge in [0, 0.05) is 5.56 Å². The lowest BCUT2D eigenvalue weighted by molar-refractivity contribution is 0.0696. The normalized spacial score (nSPS) is 11.7. The zero-order chi connectivity index (χ0) is 14.8. The Balaban J connectivity index is 3.83. The Labute approximate surface area is 108 Å². The summed E-state index contributed by atoms with van der Waals surface area (Å²) in [6, 6.07) is 1.42. The zero-order valence-electron chi connectivity index (χ0n) is 9.69. The molecule has 0 heterocycles. The molecule has 0 atom stereocenters. The van der Waals surface area contributed by atoms with Crippen molar-refractivity contribution in [2.45, 2.75) is 11.8 Å². The molecule has 0 spiro atoms. The van der Waals surface area contributed by atoms with E-state index in [1.807, 2.05) is 0 Å². The summed E-state index contributed by atoms with van der Waals surface area (Å²) < 4.78 is 30.9. The van der Waals surface area contributed by atoms with E-state index in [0.717, 1.165) is 0 Å². The molecule has 19 heavy (non-hydrogen) atoms. The zero-order valence-corrected chi connectivity index (χ0v) is 10.5. The summed E-state index contributed by atoms with van der Waals surface area (Å²) >= 11 is 0. The third-order valence-electron chi connectivity index (χ3n) is 2.25. The Bertz CT molecular complexity index is 635. The summed E-state index contributed by atoms with van der Waals surface area (Å²) in [5.41, 5.74) is -1.19. The van der Waals surface area contributed by atoms with E-state index in [-0.39, 0.29) is 5.56 Å². The van der Waals surface area contributed by atoms with Gasteiger partial charge in [0.1, 0.15) is 0 Å². The van der Waals surface area contributed by atoms with E-state index in [2.05, 4.69) is 0 Å². The smallest absolute Gasteiger partial charge is 0.336 e. The van der Waals surface area contributed by atoms with Crippen LogP contribution in [0.3, 0.4) is 0 Å². The topological polar surface area (TPSA) is 129 Å². The maximum Gasteiger partial charge on any atom is 0.336 e. The third kappa shape index (κ3) is 3.18. The van der Waals surface area contributed by atoms with Crippen molar-refractivity contribution in [2.75, 3.05) is 0 Å². The monoisotopic (exact) mass is 286 g/mol. The second kappa shape index (κ2) is 5.21. The van der Waals surface area contributed by atoms with Crippen molar-refractivity contribution in [1.82, 2.24) is 0 Å². The number of carboxylic acids is 2. The van der Waals surface area contributed by atoms with Gasteiger partial charge < -0.3 is 10.2 Å². The predicted octanol–water partition coefficient (Wildman–Crippen LogP) is 1.36. The number of benzene rings is 1. The summed E-state index contributed by atoms with van der Waals surface area (Å²) in [6.07, 6.45) is 2.65. The fourth-order valence-electron chi connectivity index (χ4n) is 1.48. The highest BCUT2D eigenvalue weighted by Gasteiger charge is 2.22. The van der Waals surface area contributed by atoms with Gasteiger partial charge in [-0.3, -0.25) is 4.55 Å². The van der Waals surface area contributed by atoms with E-state index >= 15 is 0 Å². The minimum Gasteiger partial charge on any atom is -0.478 e. The largest absolute Gasteiger partial charge is 0.478 e. The number of hydrogen-bond donors (Lipinski definition) is 3. The van der Waals surface area contributed by atoms with Crippen molar-refractivity contribution in [3.63, 3.8) is 0 Å². The van der Waals surface area contributed by atoms with E-state index in [1.54, 1.807) is 6.92 Å². The molecule has 3 N–H and O–H groups in total. The van der Waals surface area contributed by atoms with Crippen molar-refractivity contribution < 1.29 is 32.8 Å². The highest BCUT2D eigenvalue weighted by Crippen LogP contribution is 2.23. The molecule has 0 radical (unpaired) electrons. The molecule has 0 unspecified atom stereocenters. The molecule has 0 aliphatic heterocycles. The van der Waals surface area contributed by atoms with Gasteiger partial charge in [-0.1, -0.05) is 12.2 Å². The van der Waals surface area contributed by atoms with E-state index < -0.39 is 38.1 Å². The summed E-state index contributed by atoms with van der Waals surface area (Å²) in [7, 11) is -4.70. The molecule has 1 aromatic carbocycles. The first kappa shape index (κ1) is 14.9. The van der Waals surface area contributed by atoms with Crippen LogP contribution >= 0.6 is 0 Å². The van der Waals surface area contributed by atoms with Gasteiger partial charge in [-0.2, -0.15) is 8.42 Å². The van der Waals surface area contributed by atoms with Crippen LogP contribution in [0.15, 0.2) is 23.1 Å². The van der Waals surface area contributed by atoms with Crippen LogP contribution in [0.4, 0.5) is 0 Å². The van der Waals surface area contributed by atoms with Crippen molar-refractivity contribution in [3.8, 4) is 0 Å². The second-order valence-electron chi connectivity index (χ2n) is 3.52. The third-order valence-corrected chi connectivity index (χ3v) is 3.08. The minimum atomic E-state index is -4.70. The number of rotatable bonds is 4. The number of allylic oxidation sites excluding steroid dienone is 1. The molecule has 0 aliphatic carbocycles. The van der Waals surface area contributed by atoms with E-state index in [4.69, 9.17) is 14.8 Å². The molecule has 0 aromatic heterocycles. The molecule has 1 rings (SSSR count). The first-order valence-corrected chi connectivity index (χ1v) is 6.37. The van der Waals surface area contributed by atoms with E-state index in [1.165, 1.54) is 12.2 Å². The highest BCUT2D eigenvalue weighted by molar-refractivity contribution is 7.85. The fourth-order valence-corrected chi connectivity index (χ4v) is 2.01. The van der Waals surface area contributed by atoms with Crippen molar-refractivity contribution >= 4 is 28.1 Å². The Morgan fingerprint density at radius 1 is 1.11 bits per heavy atom. The number of carboxylic acid groups (broad SMARTS) is 2. The molecule has 0 saturated carbocycles. The molecule has 0 saturated heterocycles. The molecule has 0 bridgehead atoms. The Hall–Kier alpha value is -2.19. The van der Waals surface area contributed by atoms with E-state index in [0.29, 0.717) is 12.1 Å².